The Morgan fingerprint density at radius 1 is 1.53 bits per heavy atom. The average molecular weight is 236 g/mol. The number of esters is 1. The Balaban J connectivity index is 2.00. The Bertz CT molecular complexity index is 377. The summed E-state index contributed by atoms with van der Waals surface area (Å²) >= 11 is 0. The van der Waals surface area contributed by atoms with Crippen LogP contribution >= 0.6 is 0 Å². The maximum atomic E-state index is 11.5. The maximum Gasteiger partial charge on any atom is 0.338 e. The molecule has 0 fully saturated rings. The van der Waals surface area contributed by atoms with Gasteiger partial charge in [-0.05, 0) is 40.0 Å². The van der Waals surface area contributed by atoms with Crippen LogP contribution < -0.4 is 0 Å². The Hall–Kier alpha value is -1.25. The molecule has 0 amide bonds. The highest BCUT2D eigenvalue weighted by Crippen LogP contribution is 2.33. The number of hydrogen-bond acceptors (Lipinski definition) is 3. The van der Waals surface area contributed by atoms with E-state index in [1.54, 1.807) is 6.92 Å². The summed E-state index contributed by atoms with van der Waals surface area (Å²) in [7, 11) is 0. The summed E-state index contributed by atoms with van der Waals surface area (Å²) in [5, 5.41) is 0. The SMILES string of the molecule is CC1=C(OC[C@H]2C=CCCC2)C(C)(C)OC1=O. The third kappa shape index (κ3) is 2.54. The number of cyclic esters (lactones) is 1. The molecule has 0 aromatic heterocycles. The second kappa shape index (κ2) is 4.55. The van der Waals surface area contributed by atoms with E-state index in [4.69, 9.17) is 9.47 Å². The molecule has 2 rings (SSSR count). The van der Waals surface area contributed by atoms with E-state index < -0.39 is 5.60 Å². The first kappa shape index (κ1) is 12.2. The highest BCUT2D eigenvalue weighted by molar-refractivity contribution is 5.91. The van der Waals surface area contributed by atoms with Crippen molar-refractivity contribution in [2.45, 2.75) is 45.6 Å². The molecule has 0 radical (unpaired) electrons. The molecule has 0 N–H and O–H groups in total. The topological polar surface area (TPSA) is 35.5 Å². The van der Waals surface area contributed by atoms with Crippen LogP contribution in [0.15, 0.2) is 23.5 Å². The van der Waals surface area contributed by atoms with E-state index in [2.05, 4.69) is 12.2 Å². The molecule has 3 nitrogen and oxygen atoms in total. The number of hydrogen-bond donors (Lipinski definition) is 0. The first-order chi connectivity index (χ1) is 8.00. The van der Waals surface area contributed by atoms with Gasteiger partial charge < -0.3 is 9.47 Å². The van der Waals surface area contributed by atoms with Crippen molar-refractivity contribution < 1.29 is 14.3 Å². The highest BCUT2D eigenvalue weighted by Gasteiger charge is 2.40. The molecule has 0 aromatic carbocycles. The molecule has 1 aliphatic carbocycles. The molecule has 0 aromatic rings. The van der Waals surface area contributed by atoms with Gasteiger partial charge in [0.15, 0.2) is 5.60 Å². The summed E-state index contributed by atoms with van der Waals surface area (Å²) in [4.78, 5) is 11.5. The van der Waals surface area contributed by atoms with E-state index in [0.717, 1.165) is 6.42 Å². The van der Waals surface area contributed by atoms with Crippen molar-refractivity contribution in [1.82, 2.24) is 0 Å². The zero-order chi connectivity index (χ0) is 12.5. The van der Waals surface area contributed by atoms with E-state index in [1.807, 2.05) is 13.8 Å². The van der Waals surface area contributed by atoms with Gasteiger partial charge in [-0.3, -0.25) is 0 Å². The van der Waals surface area contributed by atoms with Crippen molar-refractivity contribution in [3.63, 3.8) is 0 Å². The third-order valence-electron chi connectivity index (χ3n) is 3.34. The number of carbonyl (C=O) groups excluding carboxylic acids is 1. The Kier molecular flexibility index (Phi) is 3.27. The van der Waals surface area contributed by atoms with E-state index >= 15 is 0 Å². The summed E-state index contributed by atoms with van der Waals surface area (Å²) < 4.78 is 11.1. The van der Waals surface area contributed by atoms with Gasteiger partial charge in [-0.25, -0.2) is 4.79 Å². The minimum Gasteiger partial charge on any atom is -0.493 e. The number of ether oxygens (including phenoxy) is 2. The lowest BCUT2D eigenvalue weighted by molar-refractivity contribution is -0.145. The van der Waals surface area contributed by atoms with Crippen molar-refractivity contribution >= 4 is 5.97 Å². The van der Waals surface area contributed by atoms with E-state index in [9.17, 15) is 4.79 Å². The van der Waals surface area contributed by atoms with Crippen molar-refractivity contribution in [3.05, 3.63) is 23.5 Å². The van der Waals surface area contributed by atoms with Crippen LogP contribution in [0.5, 0.6) is 0 Å². The molecule has 17 heavy (non-hydrogen) atoms. The monoisotopic (exact) mass is 236 g/mol. The summed E-state index contributed by atoms with van der Waals surface area (Å²) in [6, 6.07) is 0. The van der Waals surface area contributed by atoms with Crippen LogP contribution in [0.25, 0.3) is 0 Å². The highest BCUT2D eigenvalue weighted by atomic mass is 16.6. The Morgan fingerprint density at radius 3 is 2.82 bits per heavy atom. The van der Waals surface area contributed by atoms with Gasteiger partial charge in [0.05, 0.1) is 12.2 Å². The fourth-order valence-electron chi connectivity index (χ4n) is 2.39. The fraction of sp³-hybridized carbons (Fsp3) is 0.643. The predicted octanol–water partition coefficient (Wildman–Crippen LogP) is 2.97. The quantitative estimate of drug-likeness (QED) is 0.558. The van der Waals surface area contributed by atoms with Crippen LogP contribution in [0.3, 0.4) is 0 Å². The molecule has 2 aliphatic rings. The van der Waals surface area contributed by atoms with Gasteiger partial charge in [-0.1, -0.05) is 12.2 Å². The van der Waals surface area contributed by atoms with Crippen LogP contribution in [0.2, 0.25) is 0 Å². The van der Waals surface area contributed by atoms with Gasteiger partial charge in [0, 0.05) is 5.92 Å². The van der Waals surface area contributed by atoms with E-state index in [1.165, 1.54) is 12.8 Å². The minimum atomic E-state index is -0.612. The lowest BCUT2D eigenvalue weighted by Crippen LogP contribution is -2.25. The van der Waals surface area contributed by atoms with Gasteiger partial charge in [0.1, 0.15) is 5.76 Å². The van der Waals surface area contributed by atoms with Gasteiger partial charge >= 0.3 is 5.97 Å². The smallest absolute Gasteiger partial charge is 0.338 e. The first-order valence-corrected chi connectivity index (χ1v) is 6.25. The van der Waals surface area contributed by atoms with Gasteiger partial charge in [0.25, 0.3) is 0 Å². The molecule has 0 saturated heterocycles. The summed E-state index contributed by atoms with van der Waals surface area (Å²) in [6.45, 7) is 6.15. The molecule has 0 bridgehead atoms. The molecule has 0 unspecified atom stereocenters. The normalized spacial score (nSPS) is 27.2. The molecule has 1 aliphatic heterocycles. The zero-order valence-electron chi connectivity index (χ0n) is 10.8. The number of carbonyl (C=O) groups is 1. The van der Waals surface area contributed by atoms with Gasteiger partial charge in [-0.15, -0.1) is 0 Å². The molecule has 1 atom stereocenters. The van der Waals surface area contributed by atoms with E-state index in [-0.39, 0.29) is 5.97 Å². The first-order valence-electron chi connectivity index (χ1n) is 6.25. The summed E-state index contributed by atoms with van der Waals surface area (Å²) in [5.41, 5.74) is -0.00527. The van der Waals surface area contributed by atoms with Gasteiger partial charge in [0.2, 0.25) is 0 Å². The third-order valence-corrected chi connectivity index (χ3v) is 3.34. The minimum absolute atomic E-state index is 0.260. The van der Waals surface area contributed by atoms with Crippen molar-refractivity contribution in [2.75, 3.05) is 6.61 Å². The summed E-state index contributed by atoms with van der Waals surface area (Å²) in [6.07, 6.45) is 7.98. The van der Waals surface area contributed by atoms with Crippen molar-refractivity contribution in [3.8, 4) is 0 Å². The summed E-state index contributed by atoms with van der Waals surface area (Å²) in [5.74, 6) is 0.904. The van der Waals surface area contributed by atoms with E-state index in [0.29, 0.717) is 23.9 Å². The Morgan fingerprint density at radius 2 is 2.29 bits per heavy atom. The number of allylic oxidation sites excluding steroid dienone is 1. The van der Waals surface area contributed by atoms with Crippen LogP contribution in [0, 0.1) is 5.92 Å². The van der Waals surface area contributed by atoms with Crippen LogP contribution in [0.1, 0.15) is 40.0 Å². The molecule has 0 spiro atoms. The lowest BCUT2D eigenvalue weighted by atomic mass is 9.96. The second-order valence-corrected chi connectivity index (χ2v) is 5.28. The van der Waals surface area contributed by atoms with Crippen LogP contribution in [-0.2, 0) is 14.3 Å². The molecule has 0 saturated carbocycles. The molecular formula is C14H20O3. The second-order valence-electron chi connectivity index (χ2n) is 5.28. The van der Waals surface area contributed by atoms with Crippen molar-refractivity contribution in [2.24, 2.45) is 5.92 Å². The Labute approximate surface area is 102 Å². The fourth-order valence-corrected chi connectivity index (χ4v) is 2.39. The van der Waals surface area contributed by atoms with Crippen LogP contribution in [0.4, 0.5) is 0 Å². The zero-order valence-corrected chi connectivity index (χ0v) is 10.8. The maximum absolute atomic E-state index is 11.5. The largest absolute Gasteiger partial charge is 0.493 e. The standard InChI is InChI=1S/C14H20O3/c1-10-12(14(2,3)17-13(10)15)16-9-11-7-5-4-6-8-11/h5,7,11H,4,6,8-9H2,1-3H3/t11-/m0/s1. The number of rotatable bonds is 3. The lowest BCUT2D eigenvalue weighted by Gasteiger charge is -2.24. The van der Waals surface area contributed by atoms with Crippen LogP contribution in [-0.4, -0.2) is 18.2 Å². The average Bonchev–Trinajstić information content (AvgIpc) is 2.48. The molecule has 3 heteroatoms. The predicted molar refractivity (Wildman–Crippen MR) is 65.3 cm³/mol. The van der Waals surface area contributed by atoms with Gasteiger partial charge in [-0.2, -0.15) is 0 Å². The molecule has 94 valence electrons. The molecule has 1 heterocycles. The van der Waals surface area contributed by atoms with Crippen molar-refractivity contribution in [1.29, 1.82) is 0 Å². The molecular weight excluding hydrogens is 216 g/mol.